The zero-order chi connectivity index (χ0) is 12.8. The molecule has 0 radical (unpaired) electrons. The minimum absolute atomic E-state index is 0.268. The summed E-state index contributed by atoms with van der Waals surface area (Å²) < 4.78 is 1.89. The summed E-state index contributed by atoms with van der Waals surface area (Å²) in [5.74, 6) is 0.268. The van der Waals surface area contributed by atoms with Gasteiger partial charge >= 0.3 is 0 Å². The van der Waals surface area contributed by atoms with Crippen molar-refractivity contribution in [1.29, 1.82) is 0 Å². The van der Waals surface area contributed by atoms with Gasteiger partial charge in [0.2, 0.25) is 0 Å². The molecule has 1 aromatic heterocycles. The average molecular weight is 239 g/mol. The number of rotatable bonds is 6. The van der Waals surface area contributed by atoms with Crippen LogP contribution >= 0.6 is 0 Å². The molecule has 96 valence electrons. The predicted octanol–water partition coefficient (Wildman–Crippen LogP) is 0.687. The van der Waals surface area contributed by atoms with Gasteiger partial charge in [-0.15, -0.1) is 0 Å². The Morgan fingerprint density at radius 1 is 1.65 bits per heavy atom. The van der Waals surface area contributed by atoms with E-state index in [-0.39, 0.29) is 5.84 Å². The number of hydrogen-bond acceptors (Lipinski definition) is 4. The molecule has 3 N–H and O–H groups in total. The van der Waals surface area contributed by atoms with E-state index < -0.39 is 0 Å². The standard InChI is InChI=1S/C11H21N5O/c1-4-16(6-5-11(12)14-17)8-10-7-9(2)13-15(10)3/h7,17H,4-6,8H2,1-3H3,(H2,12,14). The Kier molecular flexibility index (Phi) is 4.96. The van der Waals surface area contributed by atoms with Crippen LogP contribution in [0.4, 0.5) is 0 Å². The van der Waals surface area contributed by atoms with E-state index in [0.717, 1.165) is 25.3 Å². The molecule has 0 aliphatic carbocycles. The highest BCUT2D eigenvalue weighted by Gasteiger charge is 2.08. The summed E-state index contributed by atoms with van der Waals surface area (Å²) in [6.07, 6.45) is 0.571. The topological polar surface area (TPSA) is 79.7 Å². The van der Waals surface area contributed by atoms with Gasteiger partial charge in [0.25, 0.3) is 0 Å². The van der Waals surface area contributed by atoms with Crippen molar-refractivity contribution < 1.29 is 5.21 Å². The molecule has 0 bridgehead atoms. The van der Waals surface area contributed by atoms with Crippen LogP contribution in [-0.4, -0.2) is 38.8 Å². The van der Waals surface area contributed by atoms with E-state index in [1.54, 1.807) is 0 Å². The summed E-state index contributed by atoms with van der Waals surface area (Å²) in [5, 5.41) is 15.8. The minimum Gasteiger partial charge on any atom is -0.409 e. The molecule has 1 rings (SSSR count). The molecule has 0 aliphatic heterocycles. The second-order valence-electron chi connectivity index (χ2n) is 4.11. The molecule has 0 atom stereocenters. The van der Waals surface area contributed by atoms with E-state index in [1.165, 1.54) is 5.69 Å². The van der Waals surface area contributed by atoms with Crippen LogP contribution in [0.5, 0.6) is 0 Å². The average Bonchev–Trinajstić information content (AvgIpc) is 2.62. The Labute approximate surface area is 102 Å². The van der Waals surface area contributed by atoms with Crippen LogP contribution in [0.1, 0.15) is 24.7 Å². The van der Waals surface area contributed by atoms with Gasteiger partial charge < -0.3 is 10.9 Å². The number of nitrogens with zero attached hydrogens (tertiary/aromatic N) is 4. The predicted molar refractivity (Wildman–Crippen MR) is 66.9 cm³/mol. The molecule has 0 amide bonds. The van der Waals surface area contributed by atoms with Crippen LogP contribution in [0.2, 0.25) is 0 Å². The van der Waals surface area contributed by atoms with Gasteiger partial charge in [-0.2, -0.15) is 5.10 Å². The van der Waals surface area contributed by atoms with Gasteiger partial charge in [0.1, 0.15) is 5.84 Å². The molecule has 17 heavy (non-hydrogen) atoms. The summed E-state index contributed by atoms with van der Waals surface area (Å²) in [4.78, 5) is 2.23. The van der Waals surface area contributed by atoms with Crippen molar-refractivity contribution >= 4 is 5.84 Å². The summed E-state index contributed by atoms with van der Waals surface area (Å²) in [6.45, 7) is 6.60. The molecule has 1 heterocycles. The van der Waals surface area contributed by atoms with Crippen molar-refractivity contribution in [2.24, 2.45) is 17.9 Å². The molecule has 0 aliphatic rings. The summed E-state index contributed by atoms with van der Waals surface area (Å²) in [5.41, 5.74) is 7.65. The summed E-state index contributed by atoms with van der Waals surface area (Å²) in [6, 6.07) is 2.08. The number of amidine groups is 1. The van der Waals surface area contributed by atoms with Crippen molar-refractivity contribution in [1.82, 2.24) is 14.7 Å². The summed E-state index contributed by atoms with van der Waals surface area (Å²) >= 11 is 0. The molecule has 0 saturated carbocycles. The molecule has 0 saturated heterocycles. The SMILES string of the molecule is CCN(CCC(N)=NO)Cc1cc(C)nn1C. The molecule has 6 nitrogen and oxygen atoms in total. The normalized spacial score (nSPS) is 12.4. The van der Waals surface area contributed by atoms with Gasteiger partial charge in [0.15, 0.2) is 0 Å². The van der Waals surface area contributed by atoms with Crippen molar-refractivity contribution in [2.45, 2.75) is 26.8 Å². The van der Waals surface area contributed by atoms with E-state index >= 15 is 0 Å². The number of nitrogens with two attached hydrogens (primary N) is 1. The molecule has 0 aromatic carbocycles. The Hall–Kier alpha value is -1.56. The second kappa shape index (κ2) is 6.24. The van der Waals surface area contributed by atoms with E-state index in [2.05, 4.69) is 28.1 Å². The molecule has 0 spiro atoms. The minimum atomic E-state index is 0.268. The van der Waals surface area contributed by atoms with Gasteiger partial charge in [-0.1, -0.05) is 12.1 Å². The molecule has 1 aromatic rings. The fourth-order valence-electron chi connectivity index (χ4n) is 1.71. The van der Waals surface area contributed by atoms with Crippen LogP contribution in [0, 0.1) is 6.92 Å². The molecule has 6 heteroatoms. The van der Waals surface area contributed by atoms with E-state index in [4.69, 9.17) is 10.9 Å². The fourth-order valence-corrected chi connectivity index (χ4v) is 1.71. The highest BCUT2D eigenvalue weighted by Crippen LogP contribution is 2.06. The van der Waals surface area contributed by atoms with Crippen LogP contribution in [0.25, 0.3) is 0 Å². The number of aromatic nitrogens is 2. The Morgan fingerprint density at radius 3 is 2.82 bits per heavy atom. The highest BCUT2D eigenvalue weighted by molar-refractivity contribution is 5.79. The maximum Gasteiger partial charge on any atom is 0.140 e. The first-order valence-electron chi connectivity index (χ1n) is 5.75. The third-order valence-electron chi connectivity index (χ3n) is 2.74. The smallest absolute Gasteiger partial charge is 0.140 e. The van der Waals surface area contributed by atoms with Crippen molar-refractivity contribution in [2.75, 3.05) is 13.1 Å². The lowest BCUT2D eigenvalue weighted by molar-refractivity contribution is 0.276. The zero-order valence-electron chi connectivity index (χ0n) is 10.7. The quantitative estimate of drug-likeness (QED) is 0.331. The number of aryl methyl sites for hydroxylation is 2. The lowest BCUT2D eigenvalue weighted by atomic mass is 10.3. The Bertz CT molecular complexity index is 385. The summed E-state index contributed by atoms with van der Waals surface area (Å²) in [7, 11) is 1.94. The van der Waals surface area contributed by atoms with E-state index in [9.17, 15) is 0 Å². The van der Waals surface area contributed by atoms with Gasteiger partial charge in [-0.05, 0) is 19.5 Å². The van der Waals surface area contributed by atoms with Gasteiger partial charge in [0, 0.05) is 26.6 Å². The number of hydrogen-bond donors (Lipinski definition) is 2. The largest absolute Gasteiger partial charge is 0.409 e. The van der Waals surface area contributed by atoms with Crippen molar-refractivity contribution in [3.63, 3.8) is 0 Å². The monoisotopic (exact) mass is 239 g/mol. The first-order valence-corrected chi connectivity index (χ1v) is 5.75. The first-order chi connectivity index (χ1) is 8.06. The maximum absolute atomic E-state index is 8.49. The molecule has 0 unspecified atom stereocenters. The number of oxime groups is 1. The Morgan fingerprint density at radius 2 is 2.35 bits per heavy atom. The van der Waals surface area contributed by atoms with Crippen molar-refractivity contribution in [3.05, 3.63) is 17.5 Å². The van der Waals surface area contributed by atoms with Crippen LogP contribution in [0.3, 0.4) is 0 Å². The second-order valence-corrected chi connectivity index (χ2v) is 4.11. The van der Waals surface area contributed by atoms with E-state index in [1.807, 2.05) is 18.7 Å². The first kappa shape index (κ1) is 13.5. The third-order valence-corrected chi connectivity index (χ3v) is 2.74. The fraction of sp³-hybridized carbons (Fsp3) is 0.636. The van der Waals surface area contributed by atoms with E-state index in [0.29, 0.717) is 6.42 Å². The van der Waals surface area contributed by atoms with Crippen LogP contribution < -0.4 is 5.73 Å². The Balaban J connectivity index is 2.55. The lowest BCUT2D eigenvalue weighted by Crippen LogP contribution is -2.28. The zero-order valence-corrected chi connectivity index (χ0v) is 10.7. The van der Waals surface area contributed by atoms with Gasteiger partial charge in [-0.3, -0.25) is 9.58 Å². The molecular weight excluding hydrogens is 218 g/mol. The van der Waals surface area contributed by atoms with Crippen LogP contribution in [-0.2, 0) is 13.6 Å². The molecular formula is C11H21N5O. The highest BCUT2D eigenvalue weighted by atomic mass is 16.4. The van der Waals surface area contributed by atoms with Gasteiger partial charge in [-0.25, -0.2) is 0 Å². The van der Waals surface area contributed by atoms with Crippen molar-refractivity contribution in [3.8, 4) is 0 Å². The maximum atomic E-state index is 8.49. The lowest BCUT2D eigenvalue weighted by Gasteiger charge is -2.19. The van der Waals surface area contributed by atoms with Gasteiger partial charge in [0.05, 0.1) is 11.4 Å². The van der Waals surface area contributed by atoms with Crippen LogP contribution in [0.15, 0.2) is 11.2 Å². The molecule has 0 fully saturated rings. The third kappa shape index (κ3) is 4.07.